The molecule has 0 aliphatic heterocycles. The minimum Gasteiger partial charge on any atom is -0.497 e. The van der Waals surface area contributed by atoms with Crippen molar-refractivity contribution in [1.29, 1.82) is 0 Å². The Hall–Kier alpha value is -2.04. The van der Waals surface area contributed by atoms with E-state index in [1.807, 2.05) is 45.0 Å². The molecular weight excluding hydrogens is 292 g/mol. The Morgan fingerprint density at radius 2 is 2.00 bits per heavy atom. The van der Waals surface area contributed by atoms with Gasteiger partial charge in [-0.1, -0.05) is 32.9 Å². The number of methoxy groups -OCH3 is 1. The van der Waals surface area contributed by atoms with Crippen LogP contribution in [0, 0.1) is 0 Å². The maximum Gasteiger partial charge on any atom is 0.242 e. The highest BCUT2D eigenvalue weighted by molar-refractivity contribution is 5.87. The van der Waals surface area contributed by atoms with Gasteiger partial charge in [0.2, 0.25) is 11.8 Å². The third-order valence-corrected chi connectivity index (χ3v) is 3.72. The lowest BCUT2D eigenvalue weighted by atomic mass is 10.1. The van der Waals surface area contributed by atoms with Crippen LogP contribution >= 0.6 is 0 Å². The summed E-state index contributed by atoms with van der Waals surface area (Å²) in [4.78, 5) is 26.4. The Morgan fingerprint density at radius 3 is 2.57 bits per heavy atom. The summed E-state index contributed by atoms with van der Waals surface area (Å²) in [7, 11) is 1.61. The van der Waals surface area contributed by atoms with E-state index in [1.54, 1.807) is 12.0 Å². The highest BCUT2D eigenvalue weighted by atomic mass is 16.5. The first-order valence-electron chi connectivity index (χ1n) is 8.27. The van der Waals surface area contributed by atoms with Crippen LogP contribution in [0.4, 0.5) is 0 Å². The van der Waals surface area contributed by atoms with Crippen molar-refractivity contribution in [2.24, 2.45) is 0 Å². The third-order valence-electron chi connectivity index (χ3n) is 3.72. The van der Waals surface area contributed by atoms with E-state index < -0.39 is 6.04 Å². The van der Waals surface area contributed by atoms with Gasteiger partial charge in [-0.25, -0.2) is 0 Å². The van der Waals surface area contributed by atoms with Gasteiger partial charge in [0, 0.05) is 19.5 Å². The second kappa shape index (κ2) is 9.87. The number of rotatable bonds is 9. The summed E-state index contributed by atoms with van der Waals surface area (Å²) >= 11 is 0. The molecule has 0 saturated carbocycles. The molecule has 0 aromatic heterocycles. The van der Waals surface area contributed by atoms with Crippen molar-refractivity contribution in [2.75, 3.05) is 13.7 Å². The van der Waals surface area contributed by atoms with Crippen LogP contribution in [0.5, 0.6) is 5.75 Å². The van der Waals surface area contributed by atoms with Crippen LogP contribution in [-0.2, 0) is 16.1 Å². The minimum absolute atomic E-state index is 0.0219. The number of nitrogens with zero attached hydrogens (tertiary/aromatic N) is 1. The van der Waals surface area contributed by atoms with E-state index >= 15 is 0 Å². The first-order chi connectivity index (χ1) is 11.1. The maximum absolute atomic E-state index is 12.4. The minimum atomic E-state index is -0.444. The predicted molar refractivity (Wildman–Crippen MR) is 91.2 cm³/mol. The number of amides is 2. The van der Waals surface area contributed by atoms with Crippen LogP contribution < -0.4 is 10.1 Å². The van der Waals surface area contributed by atoms with Crippen molar-refractivity contribution < 1.29 is 14.3 Å². The molecule has 1 atom stereocenters. The number of hydrogen-bond acceptors (Lipinski definition) is 3. The number of nitrogens with one attached hydrogen (secondary N) is 1. The molecule has 0 spiro atoms. The standard InChI is InChI=1S/C18H28N2O3/c1-5-11-19-18(22)16(6-2)20(17(21)7-3)13-14-9-8-10-15(12-14)23-4/h8-10,12,16H,5-7,11,13H2,1-4H3,(H,19,22)/t16-/m0/s1. The topological polar surface area (TPSA) is 58.6 Å². The molecule has 0 bridgehead atoms. The fourth-order valence-corrected chi connectivity index (χ4v) is 2.46. The van der Waals surface area contributed by atoms with Crippen molar-refractivity contribution in [3.05, 3.63) is 29.8 Å². The van der Waals surface area contributed by atoms with Crippen LogP contribution in [0.3, 0.4) is 0 Å². The van der Waals surface area contributed by atoms with Gasteiger partial charge < -0.3 is 15.0 Å². The fraction of sp³-hybridized carbons (Fsp3) is 0.556. The monoisotopic (exact) mass is 320 g/mol. The van der Waals surface area contributed by atoms with Crippen molar-refractivity contribution in [3.8, 4) is 5.75 Å². The highest BCUT2D eigenvalue weighted by Crippen LogP contribution is 2.17. The molecule has 0 aliphatic rings. The van der Waals surface area contributed by atoms with E-state index in [0.717, 1.165) is 17.7 Å². The molecule has 1 N–H and O–H groups in total. The Balaban J connectivity index is 2.97. The molecule has 23 heavy (non-hydrogen) atoms. The summed E-state index contributed by atoms with van der Waals surface area (Å²) in [6, 6.07) is 7.14. The smallest absolute Gasteiger partial charge is 0.242 e. The largest absolute Gasteiger partial charge is 0.497 e. The maximum atomic E-state index is 12.4. The molecule has 0 heterocycles. The summed E-state index contributed by atoms with van der Waals surface area (Å²) in [6.07, 6.45) is 1.84. The molecule has 1 aromatic rings. The van der Waals surface area contributed by atoms with Gasteiger partial charge in [0.25, 0.3) is 0 Å². The summed E-state index contributed by atoms with van der Waals surface area (Å²) < 4.78 is 5.23. The number of carbonyl (C=O) groups excluding carboxylic acids is 2. The van der Waals surface area contributed by atoms with Gasteiger partial charge >= 0.3 is 0 Å². The van der Waals surface area contributed by atoms with E-state index in [1.165, 1.54) is 0 Å². The first-order valence-corrected chi connectivity index (χ1v) is 8.27. The summed E-state index contributed by atoms with van der Waals surface area (Å²) in [6.45, 7) is 6.78. The van der Waals surface area contributed by atoms with E-state index in [4.69, 9.17) is 4.74 Å². The zero-order valence-electron chi connectivity index (χ0n) is 14.6. The second-order valence-corrected chi connectivity index (χ2v) is 5.44. The number of hydrogen-bond donors (Lipinski definition) is 1. The molecule has 0 radical (unpaired) electrons. The quantitative estimate of drug-likeness (QED) is 0.761. The van der Waals surface area contributed by atoms with Gasteiger partial charge in [-0.3, -0.25) is 9.59 Å². The predicted octanol–water partition coefficient (Wildman–Crippen LogP) is 2.74. The van der Waals surface area contributed by atoms with Gasteiger partial charge in [-0.05, 0) is 30.5 Å². The Labute approximate surface area is 139 Å². The zero-order valence-corrected chi connectivity index (χ0v) is 14.6. The average molecular weight is 320 g/mol. The lowest BCUT2D eigenvalue weighted by Gasteiger charge is -2.30. The molecule has 5 heteroatoms. The average Bonchev–Trinajstić information content (AvgIpc) is 2.59. The Bertz CT molecular complexity index is 517. The molecule has 2 amide bonds. The molecule has 0 aliphatic carbocycles. The van der Waals surface area contributed by atoms with Crippen molar-refractivity contribution in [3.63, 3.8) is 0 Å². The Morgan fingerprint density at radius 1 is 1.26 bits per heavy atom. The van der Waals surface area contributed by atoms with Crippen molar-refractivity contribution in [2.45, 2.75) is 52.6 Å². The molecule has 1 rings (SSSR count). The van der Waals surface area contributed by atoms with Gasteiger partial charge in [0.05, 0.1) is 7.11 Å². The molecular formula is C18H28N2O3. The zero-order chi connectivity index (χ0) is 17.2. The van der Waals surface area contributed by atoms with Crippen molar-refractivity contribution >= 4 is 11.8 Å². The first kappa shape index (κ1) is 19.0. The Kier molecular flexibility index (Phi) is 8.16. The summed E-state index contributed by atoms with van der Waals surface area (Å²) in [5.74, 6) is 0.639. The van der Waals surface area contributed by atoms with Crippen LogP contribution in [0.15, 0.2) is 24.3 Å². The van der Waals surface area contributed by atoms with E-state index in [2.05, 4.69) is 5.32 Å². The number of ether oxygens (including phenoxy) is 1. The van der Waals surface area contributed by atoms with E-state index in [0.29, 0.717) is 25.9 Å². The molecule has 0 saturated heterocycles. The summed E-state index contributed by atoms with van der Waals surface area (Å²) in [5, 5.41) is 2.89. The molecule has 5 nitrogen and oxygen atoms in total. The van der Waals surface area contributed by atoms with Crippen molar-refractivity contribution in [1.82, 2.24) is 10.2 Å². The molecule has 1 aromatic carbocycles. The lowest BCUT2D eigenvalue weighted by Crippen LogP contribution is -2.49. The fourth-order valence-electron chi connectivity index (χ4n) is 2.46. The molecule has 0 unspecified atom stereocenters. The summed E-state index contributed by atoms with van der Waals surface area (Å²) in [5.41, 5.74) is 0.952. The van der Waals surface area contributed by atoms with Crippen LogP contribution in [0.1, 0.15) is 45.6 Å². The number of benzene rings is 1. The molecule has 0 fully saturated rings. The highest BCUT2D eigenvalue weighted by Gasteiger charge is 2.27. The third kappa shape index (κ3) is 5.58. The number of carbonyl (C=O) groups is 2. The molecule has 128 valence electrons. The lowest BCUT2D eigenvalue weighted by molar-refractivity contribution is -0.141. The van der Waals surface area contributed by atoms with Gasteiger partial charge in [0.1, 0.15) is 11.8 Å². The van der Waals surface area contributed by atoms with E-state index in [-0.39, 0.29) is 11.8 Å². The van der Waals surface area contributed by atoms with Crippen LogP contribution in [0.2, 0.25) is 0 Å². The van der Waals surface area contributed by atoms with Gasteiger partial charge in [-0.2, -0.15) is 0 Å². The van der Waals surface area contributed by atoms with Gasteiger partial charge in [0.15, 0.2) is 0 Å². The van der Waals surface area contributed by atoms with Crippen LogP contribution in [-0.4, -0.2) is 36.4 Å². The SMILES string of the molecule is CCCNC(=O)[C@H](CC)N(Cc1cccc(OC)c1)C(=O)CC. The van der Waals surface area contributed by atoms with E-state index in [9.17, 15) is 9.59 Å². The van der Waals surface area contributed by atoms with Crippen LogP contribution in [0.25, 0.3) is 0 Å². The normalized spacial score (nSPS) is 11.7. The van der Waals surface area contributed by atoms with Gasteiger partial charge in [-0.15, -0.1) is 0 Å². The second-order valence-electron chi connectivity index (χ2n) is 5.44.